The van der Waals surface area contributed by atoms with Gasteiger partial charge in [-0.15, -0.1) is 11.3 Å². The van der Waals surface area contributed by atoms with E-state index in [1.807, 2.05) is 11.4 Å². The van der Waals surface area contributed by atoms with Gasteiger partial charge < -0.3 is 14.8 Å². The van der Waals surface area contributed by atoms with Crippen molar-refractivity contribution in [3.63, 3.8) is 0 Å². The quantitative estimate of drug-likeness (QED) is 0.663. The van der Waals surface area contributed by atoms with Crippen molar-refractivity contribution in [2.24, 2.45) is 0 Å². The van der Waals surface area contributed by atoms with Crippen LogP contribution in [0.15, 0.2) is 40.6 Å². The fraction of sp³-hybridized carbons (Fsp3) is 0.294. The summed E-state index contributed by atoms with van der Waals surface area (Å²) < 4.78 is 35.8. The molecular formula is C17H20N2O6S2. The van der Waals surface area contributed by atoms with Gasteiger partial charge in [0, 0.05) is 24.7 Å². The minimum atomic E-state index is -3.76. The van der Waals surface area contributed by atoms with Gasteiger partial charge in [0.2, 0.25) is 10.0 Å². The molecule has 0 atom stereocenters. The molecule has 146 valence electrons. The first kappa shape index (κ1) is 20.9. The van der Waals surface area contributed by atoms with Crippen molar-refractivity contribution >= 4 is 38.9 Å². The van der Waals surface area contributed by atoms with Crippen LogP contribution in [-0.2, 0) is 30.8 Å². The number of rotatable bonds is 8. The number of carbonyl (C=O) groups is 2. The molecule has 1 heterocycles. The van der Waals surface area contributed by atoms with E-state index in [1.54, 1.807) is 6.07 Å². The van der Waals surface area contributed by atoms with Crippen LogP contribution in [0, 0.1) is 0 Å². The molecule has 0 bridgehead atoms. The first-order chi connectivity index (χ1) is 12.7. The third-order valence-corrected chi connectivity index (χ3v) is 6.18. The van der Waals surface area contributed by atoms with Crippen LogP contribution in [-0.4, -0.2) is 52.4 Å². The summed E-state index contributed by atoms with van der Waals surface area (Å²) in [5, 5.41) is 4.35. The summed E-state index contributed by atoms with van der Waals surface area (Å²) in [5.74, 6) is -0.935. The fourth-order valence-electron chi connectivity index (χ4n) is 2.10. The van der Waals surface area contributed by atoms with Gasteiger partial charge in [0.05, 0.1) is 13.5 Å². The summed E-state index contributed by atoms with van der Waals surface area (Å²) >= 11 is 1.42. The maximum absolute atomic E-state index is 12.4. The first-order valence-electron chi connectivity index (χ1n) is 7.82. The number of hydrogen-bond acceptors (Lipinski definition) is 7. The molecule has 1 N–H and O–H groups in total. The average molecular weight is 412 g/mol. The zero-order valence-corrected chi connectivity index (χ0v) is 16.7. The Morgan fingerprint density at radius 3 is 2.56 bits per heavy atom. The highest BCUT2D eigenvalue weighted by atomic mass is 32.2. The van der Waals surface area contributed by atoms with Crippen molar-refractivity contribution in [3.05, 3.63) is 40.6 Å². The number of thiophene rings is 1. The van der Waals surface area contributed by atoms with Crippen molar-refractivity contribution in [2.75, 3.05) is 33.1 Å². The second-order valence-corrected chi connectivity index (χ2v) is 8.77. The number of benzene rings is 1. The van der Waals surface area contributed by atoms with Gasteiger partial charge in [-0.1, -0.05) is 6.07 Å². The Kier molecular flexibility index (Phi) is 6.94. The van der Waals surface area contributed by atoms with E-state index in [9.17, 15) is 18.0 Å². The van der Waals surface area contributed by atoms with Crippen LogP contribution >= 0.6 is 11.3 Å². The third kappa shape index (κ3) is 5.52. The fourth-order valence-corrected chi connectivity index (χ4v) is 3.87. The molecule has 0 radical (unpaired) electrons. The summed E-state index contributed by atoms with van der Waals surface area (Å²) in [5.41, 5.74) is 0.246. The van der Waals surface area contributed by atoms with E-state index in [1.165, 1.54) is 50.7 Å². The molecule has 8 nitrogen and oxygen atoms in total. The summed E-state index contributed by atoms with van der Waals surface area (Å²) in [6.45, 7) is -0.466. The highest BCUT2D eigenvalue weighted by Crippen LogP contribution is 2.28. The van der Waals surface area contributed by atoms with Crippen LogP contribution in [0.5, 0.6) is 5.75 Å². The average Bonchev–Trinajstić information content (AvgIpc) is 3.12. The molecule has 1 aromatic heterocycles. The second kappa shape index (κ2) is 8.98. The Balaban J connectivity index is 2.02. The molecule has 0 saturated carbocycles. The van der Waals surface area contributed by atoms with Crippen molar-refractivity contribution < 1.29 is 27.5 Å². The number of methoxy groups -OCH3 is 1. The molecule has 0 aliphatic carbocycles. The minimum Gasteiger partial charge on any atom is -0.495 e. The molecule has 2 rings (SSSR count). The topological polar surface area (TPSA) is 102 Å². The van der Waals surface area contributed by atoms with Crippen LogP contribution in [0.4, 0.5) is 5.69 Å². The molecule has 0 unspecified atom stereocenters. The zero-order valence-electron chi connectivity index (χ0n) is 15.1. The van der Waals surface area contributed by atoms with Gasteiger partial charge in [-0.05, 0) is 29.6 Å². The Morgan fingerprint density at radius 1 is 1.22 bits per heavy atom. The van der Waals surface area contributed by atoms with Crippen molar-refractivity contribution in [1.29, 1.82) is 0 Å². The minimum absolute atomic E-state index is 0.0810. The number of nitrogens with zero attached hydrogens (tertiary/aromatic N) is 1. The molecule has 0 aliphatic heterocycles. The van der Waals surface area contributed by atoms with Crippen LogP contribution in [0.3, 0.4) is 0 Å². The van der Waals surface area contributed by atoms with E-state index in [4.69, 9.17) is 9.47 Å². The van der Waals surface area contributed by atoms with Crippen LogP contribution in [0.25, 0.3) is 0 Å². The number of anilines is 1. The molecule has 0 saturated heterocycles. The molecule has 1 aromatic carbocycles. The maximum Gasteiger partial charge on any atom is 0.311 e. The summed E-state index contributed by atoms with van der Waals surface area (Å²) in [6, 6.07) is 7.85. The van der Waals surface area contributed by atoms with E-state index < -0.39 is 28.5 Å². The van der Waals surface area contributed by atoms with Gasteiger partial charge >= 0.3 is 5.97 Å². The van der Waals surface area contributed by atoms with E-state index in [-0.39, 0.29) is 22.8 Å². The summed E-state index contributed by atoms with van der Waals surface area (Å²) in [6.07, 6.45) is 0.0959. The van der Waals surface area contributed by atoms with Crippen molar-refractivity contribution in [3.8, 4) is 5.75 Å². The molecule has 10 heteroatoms. The lowest BCUT2D eigenvalue weighted by Gasteiger charge is -2.16. The standard InChI is InChI=1S/C17H20N2O6S2/c1-19(2)27(22,23)15-9-12(6-7-14(15)24-3)18-16(20)11-25-17(21)10-13-5-4-8-26-13/h4-9H,10-11H2,1-3H3,(H,18,20). The number of esters is 1. The van der Waals surface area contributed by atoms with E-state index >= 15 is 0 Å². The van der Waals surface area contributed by atoms with Crippen molar-refractivity contribution in [2.45, 2.75) is 11.3 Å². The van der Waals surface area contributed by atoms with E-state index in [0.717, 1.165) is 9.18 Å². The second-order valence-electron chi connectivity index (χ2n) is 5.62. The maximum atomic E-state index is 12.4. The normalized spacial score (nSPS) is 11.3. The monoisotopic (exact) mass is 412 g/mol. The predicted octanol–water partition coefficient (Wildman–Crippen LogP) is 1.73. The zero-order chi connectivity index (χ0) is 20.0. The van der Waals surface area contributed by atoms with Gasteiger partial charge in [-0.3, -0.25) is 9.59 Å². The van der Waals surface area contributed by atoms with Gasteiger partial charge in [-0.2, -0.15) is 0 Å². The smallest absolute Gasteiger partial charge is 0.311 e. The molecule has 2 aromatic rings. The number of amides is 1. The molecule has 0 spiro atoms. The highest BCUT2D eigenvalue weighted by molar-refractivity contribution is 7.89. The van der Waals surface area contributed by atoms with Crippen LogP contribution in [0.2, 0.25) is 0 Å². The van der Waals surface area contributed by atoms with Gasteiger partial charge in [0.15, 0.2) is 6.61 Å². The number of nitrogens with one attached hydrogen (secondary N) is 1. The van der Waals surface area contributed by atoms with Crippen LogP contribution < -0.4 is 10.1 Å². The predicted molar refractivity (Wildman–Crippen MR) is 101 cm³/mol. The lowest BCUT2D eigenvalue weighted by molar-refractivity contribution is -0.146. The summed E-state index contributed by atoms with van der Waals surface area (Å²) in [4.78, 5) is 24.5. The van der Waals surface area contributed by atoms with Crippen LogP contribution in [0.1, 0.15) is 4.88 Å². The largest absolute Gasteiger partial charge is 0.495 e. The lowest BCUT2D eigenvalue weighted by atomic mass is 10.3. The summed E-state index contributed by atoms with van der Waals surface area (Å²) in [7, 11) is 0.388. The van der Waals surface area contributed by atoms with Gasteiger partial charge in [0.1, 0.15) is 10.6 Å². The third-order valence-electron chi connectivity index (χ3n) is 3.47. The molecule has 27 heavy (non-hydrogen) atoms. The number of ether oxygens (including phenoxy) is 2. The SMILES string of the molecule is COc1ccc(NC(=O)COC(=O)Cc2cccs2)cc1S(=O)(=O)N(C)C. The number of carbonyl (C=O) groups excluding carboxylic acids is 2. The number of hydrogen-bond donors (Lipinski definition) is 1. The molecule has 0 aliphatic rings. The Labute approximate surface area is 161 Å². The Morgan fingerprint density at radius 2 is 1.96 bits per heavy atom. The Hall–Kier alpha value is -2.43. The molecule has 1 amide bonds. The van der Waals surface area contributed by atoms with E-state index in [0.29, 0.717) is 0 Å². The molecular weight excluding hydrogens is 392 g/mol. The molecule has 0 fully saturated rings. The first-order valence-corrected chi connectivity index (χ1v) is 10.1. The van der Waals surface area contributed by atoms with Gasteiger partial charge in [-0.25, -0.2) is 12.7 Å². The Bertz CT molecular complexity index is 908. The van der Waals surface area contributed by atoms with E-state index in [2.05, 4.69) is 5.32 Å². The highest BCUT2D eigenvalue weighted by Gasteiger charge is 2.23. The lowest BCUT2D eigenvalue weighted by Crippen LogP contribution is -2.24. The van der Waals surface area contributed by atoms with Gasteiger partial charge in [0.25, 0.3) is 5.91 Å². The van der Waals surface area contributed by atoms with Crippen molar-refractivity contribution in [1.82, 2.24) is 4.31 Å². The number of sulfonamides is 1.